The predicted octanol–water partition coefficient (Wildman–Crippen LogP) is 4.96. The highest BCUT2D eigenvalue weighted by molar-refractivity contribution is 6.17. The molecule has 0 saturated carbocycles. The normalized spacial score (nSPS) is 11.2. The molecule has 0 saturated heterocycles. The fourth-order valence-corrected chi connectivity index (χ4v) is 3.09. The van der Waals surface area contributed by atoms with Gasteiger partial charge in [-0.3, -0.25) is 20.2 Å². The number of fused-ring (bicyclic) bond motifs is 5. The Labute approximate surface area is 135 Å². The number of hydrogen-bond donors (Lipinski definition) is 0. The van der Waals surface area contributed by atoms with Crippen LogP contribution in [-0.4, -0.2) is 9.85 Å². The van der Waals surface area contributed by atoms with Crippen molar-refractivity contribution in [2.75, 3.05) is 0 Å². The maximum Gasteiger partial charge on any atom is 0.270 e. The van der Waals surface area contributed by atoms with Crippen LogP contribution in [0.4, 0.5) is 11.4 Å². The van der Waals surface area contributed by atoms with Gasteiger partial charge in [-0.25, -0.2) is 0 Å². The lowest BCUT2D eigenvalue weighted by atomic mass is 9.96. The summed E-state index contributed by atoms with van der Waals surface area (Å²) in [5, 5.41) is 27.2. The van der Waals surface area contributed by atoms with Crippen molar-refractivity contribution in [2.45, 2.75) is 0 Å². The summed E-state index contributed by atoms with van der Waals surface area (Å²) in [6.45, 7) is 0. The largest absolute Gasteiger partial charge is 0.270 e. The third kappa shape index (κ3) is 2.04. The monoisotopic (exact) mass is 318 g/mol. The Hall–Kier alpha value is -3.54. The van der Waals surface area contributed by atoms with Gasteiger partial charge in [0.15, 0.2) is 0 Å². The molecule has 0 heterocycles. The van der Waals surface area contributed by atoms with Gasteiger partial charge in [-0.1, -0.05) is 24.3 Å². The van der Waals surface area contributed by atoms with Gasteiger partial charge < -0.3 is 0 Å². The molecule has 6 nitrogen and oxygen atoms in total. The van der Waals surface area contributed by atoms with Gasteiger partial charge in [-0.2, -0.15) is 0 Å². The summed E-state index contributed by atoms with van der Waals surface area (Å²) in [4.78, 5) is 21.0. The van der Waals surface area contributed by atoms with Crippen LogP contribution in [0.15, 0.2) is 60.7 Å². The Morgan fingerprint density at radius 1 is 0.542 bits per heavy atom. The van der Waals surface area contributed by atoms with Crippen molar-refractivity contribution in [1.82, 2.24) is 0 Å². The van der Waals surface area contributed by atoms with Crippen LogP contribution in [0, 0.1) is 20.2 Å². The second kappa shape index (κ2) is 4.99. The minimum atomic E-state index is -0.414. The first-order valence-corrected chi connectivity index (χ1v) is 7.22. The lowest BCUT2D eigenvalue weighted by Gasteiger charge is -2.07. The lowest BCUT2D eigenvalue weighted by molar-refractivity contribution is -0.384. The summed E-state index contributed by atoms with van der Waals surface area (Å²) >= 11 is 0. The molecule has 4 rings (SSSR count). The maximum absolute atomic E-state index is 10.9. The molecule has 4 aromatic carbocycles. The van der Waals surface area contributed by atoms with Crippen molar-refractivity contribution in [3.63, 3.8) is 0 Å². The van der Waals surface area contributed by atoms with Gasteiger partial charge in [-0.05, 0) is 44.5 Å². The minimum Gasteiger partial charge on any atom is -0.258 e. The minimum absolute atomic E-state index is 0.0539. The molecule has 0 fully saturated rings. The Bertz CT molecular complexity index is 1070. The predicted molar refractivity (Wildman–Crippen MR) is 92.3 cm³/mol. The summed E-state index contributed by atoms with van der Waals surface area (Å²) in [6.07, 6.45) is 0. The number of benzene rings is 4. The zero-order valence-electron chi connectivity index (χ0n) is 12.3. The first-order valence-electron chi connectivity index (χ1n) is 7.22. The van der Waals surface area contributed by atoms with Crippen molar-refractivity contribution in [1.29, 1.82) is 0 Å². The molecular weight excluding hydrogens is 308 g/mol. The molecule has 0 unspecified atom stereocenters. The van der Waals surface area contributed by atoms with E-state index in [4.69, 9.17) is 0 Å². The molecular formula is C18H10N2O4. The average molecular weight is 318 g/mol. The molecule has 24 heavy (non-hydrogen) atoms. The lowest BCUT2D eigenvalue weighted by Crippen LogP contribution is -1.89. The van der Waals surface area contributed by atoms with Crippen LogP contribution in [0.25, 0.3) is 32.3 Å². The molecule has 0 aliphatic carbocycles. The van der Waals surface area contributed by atoms with Gasteiger partial charge in [0, 0.05) is 24.3 Å². The molecule has 0 amide bonds. The van der Waals surface area contributed by atoms with Gasteiger partial charge in [0.05, 0.1) is 9.85 Å². The molecule has 0 bridgehead atoms. The third-order valence-corrected chi connectivity index (χ3v) is 4.22. The van der Waals surface area contributed by atoms with E-state index >= 15 is 0 Å². The Balaban J connectivity index is 2.05. The quantitative estimate of drug-likeness (QED) is 0.297. The van der Waals surface area contributed by atoms with Crippen molar-refractivity contribution in [3.05, 3.63) is 80.9 Å². The molecule has 0 radical (unpaired) electrons. The summed E-state index contributed by atoms with van der Waals surface area (Å²) in [7, 11) is 0. The summed E-state index contributed by atoms with van der Waals surface area (Å²) in [5.41, 5.74) is 0.108. The zero-order valence-corrected chi connectivity index (χ0v) is 12.3. The van der Waals surface area contributed by atoms with Crippen LogP contribution >= 0.6 is 0 Å². The topological polar surface area (TPSA) is 86.3 Å². The van der Waals surface area contributed by atoms with Gasteiger partial charge in [0.1, 0.15) is 0 Å². The number of nitro benzene ring substituents is 2. The highest BCUT2D eigenvalue weighted by atomic mass is 16.6. The first-order chi connectivity index (χ1) is 11.5. The van der Waals surface area contributed by atoms with E-state index in [0.29, 0.717) is 0 Å². The van der Waals surface area contributed by atoms with E-state index in [-0.39, 0.29) is 11.4 Å². The van der Waals surface area contributed by atoms with Gasteiger partial charge in [0.25, 0.3) is 11.4 Å². The summed E-state index contributed by atoms with van der Waals surface area (Å²) in [6, 6.07) is 17.0. The van der Waals surface area contributed by atoms with Crippen molar-refractivity contribution in [2.24, 2.45) is 0 Å². The number of non-ortho nitro benzene ring substituents is 2. The van der Waals surface area contributed by atoms with E-state index in [2.05, 4.69) is 0 Å². The van der Waals surface area contributed by atoms with Gasteiger partial charge in [0.2, 0.25) is 0 Å². The fourth-order valence-electron chi connectivity index (χ4n) is 3.09. The second-order valence-electron chi connectivity index (χ2n) is 5.55. The molecule has 6 heteroatoms. The number of nitro groups is 2. The molecule has 0 N–H and O–H groups in total. The molecule has 0 spiro atoms. The number of nitrogens with zero attached hydrogens (tertiary/aromatic N) is 2. The van der Waals surface area contributed by atoms with Crippen LogP contribution in [0.5, 0.6) is 0 Å². The van der Waals surface area contributed by atoms with Crippen LogP contribution < -0.4 is 0 Å². The van der Waals surface area contributed by atoms with E-state index in [9.17, 15) is 20.2 Å². The SMILES string of the molecule is O=[N+]([O-])c1ccc2c(ccc3c4ccc([N+](=O)[O-])cc4ccc23)c1. The first kappa shape index (κ1) is 14.1. The summed E-state index contributed by atoms with van der Waals surface area (Å²) in [5.74, 6) is 0. The Morgan fingerprint density at radius 2 is 0.917 bits per heavy atom. The Morgan fingerprint density at radius 3 is 1.29 bits per heavy atom. The summed E-state index contributed by atoms with van der Waals surface area (Å²) < 4.78 is 0. The average Bonchev–Trinajstić information content (AvgIpc) is 2.59. The van der Waals surface area contributed by atoms with E-state index < -0.39 is 9.85 Å². The molecule has 116 valence electrons. The van der Waals surface area contributed by atoms with Crippen molar-refractivity contribution >= 4 is 43.7 Å². The van der Waals surface area contributed by atoms with Gasteiger partial charge >= 0.3 is 0 Å². The second-order valence-corrected chi connectivity index (χ2v) is 5.55. The zero-order chi connectivity index (χ0) is 16.8. The highest BCUT2D eigenvalue weighted by Crippen LogP contribution is 2.33. The third-order valence-electron chi connectivity index (χ3n) is 4.22. The van der Waals surface area contributed by atoms with E-state index in [0.717, 1.165) is 32.3 Å². The maximum atomic E-state index is 10.9. The van der Waals surface area contributed by atoms with Crippen LogP contribution in [0.1, 0.15) is 0 Å². The van der Waals surface area contributed by atoms with Gasteiger partial charge in [-0.15, -0.1) is 0 Å². The fraction of sp³-hybridized carbons (Fsp3) is 0. The Kier molecular flexibility index (Phi) is 2.93. The highest BCUT2D eigenvalue weighted by Gasteiger charge is 2.11. The molecule has 0 aliphatic rings. The van der Waals surface area contributed by atoms with Crippen molar-refractivity contribution in [3.8, 4) is 0 Å². The van der Waals surface area contributed by atoms with E-state index in [1.807, 2.05) is 24.3 Å². The number of hydrogen-bond acceptors (Lipinski definition) is 4. The molecule has 0 atom stereocenters. The smallest absolute Gasteiger partial charge is 0.258 e. The molecule has 4 aromatic rings. The number of rotatable bonds is 2. The van der Waals surface area contributed by atoms with Crippen LogP contribution in [-0.2, 0) is 0 Å². The van der Waals surface area contributed by atoms with Crippen LogP contribution in [0.2, 0.25) is 0 Å². The standard InChI is InChI=1S/C18H10N2O4/c21-19(22)13-3-7-15-11(9-13)1-5-17-16-8-4-14(20(23)24)10-12(16)2-6-18(15)17/h1-10H. The van der Waals surface area contributed by atoms with Crippen molar-refractivity contribution < 1.29 is 9.85 Å². The molecule has 0 aliphatic heterocycles. The van der Waals surface area contributed by atoms with E-state index in [1.165, 1.54) is 12.1 Å². The van der Waals surface area contributed by atoms with Crippen LogP contribution in [0.3, 0.4) is 0 Å². The van der Waals surface area contributed by atoms with E-state index in [1.54, 1.807) is 24.3 Å². The molecule has 0 aromatic heterocycles.